The van der Waals surface area contributed by atoms with Gasteiger partial charge < -0.3 is 15.2 Å². The summed E-state index contributed by atoms with van der Waals surface area (Å²) in [5, 5.41) is 0.664. The third-order valence-electron chi connectivity index (χ3n) is 2.81. The molecule has 0 fully saturated rings. The Kier molecular flexibility index (Phi) is 5.29. The SMILES string of the molecule is COc1ccc(Oc2ccc(CCN)c(Cl)c2)c(Br)c1. The topological polar surface area (TPSA) is 44.5 Å². The average molecular weight is 357 g/mol. The van der Waals surface area contributed by atoms with Crippen molar-refractivity contribution in [3.8, 4) is 17.2 Å². The highest BCUT2D eigenvalue weighted by molar-refractivity contribution is 9.10. The van der Waals surface area contributed by atoms with Crippen LogP contribution in [0, 0.1) is 0 Å². The molecule has 2 aromatic rings. The Bertz CT molecular complexity index is 604. The zero-order valence-electron chi connectivity index (χ0n) is 11.0. The van der Waals surface area contributed by atoms with Gasteiger partial charge in [-0.15, -0.1) is 0 Å². The van der Waals surface area contributed by atoms with Gasteiger partial charge in [0, 0.05) is 5.02 Å². The first-order valence-corrected chi connectivity index (χ1v) is 7.31. The van der Waals surface area contributed by atoms with E-state index in [0.29, 0.717) is 23.1 Å². The fourth-order valence-corrected chi connectivity index (χ4v) is 2.47. The summed E-state index contributed by atoms with van der Waals surface area (Å²) in [4.78, 5) is 0. The average Bonchev–Trinajstić information content (AvgIpc) is 2.44. The third kappa shape index (κ3) is 3.66. The Labute approximate surface area is 131 Å². The van der Waals surface area contributed by atoms with Crippen LogP contribution in [0.1, 0.15) is 5.56 Å². The molecule has 2 N–H and O–H groups in total. The highest BCUT2D eigenvalue weighted by atomic mass is 79.9. The molecule has 0 radical (unpaired) electrons. The Morgan fingerprint density at radius 2 is 1.90 bits per heavy atom. The van der Waals surface area contributed by atoms with Crippen LogP contribution in [0.25, 0.3) is 0 Å². The first-order chi connectivity index (χ1) is 9.63. The van der Waals surface area contributed by atoms with Gasteiger partial charge in [-0.05, 0) is 64.8 Å². The monoisotopic (exact) mass is 355 g/mol. The van der Waals surface area contributed by atoms with Gasteiger partial charge in [-0.25, -0.2) is 0 Å². The second-order valence-corrected chi connectivity index (χ2v) is 5.45. The predicted molar refractivity (Wildman–Crippen MR) is 85.0 cm³/mol. The summed E-state index contributed by atoms with van der Waals surface area (Å²) in [5.74, 6) is 2.15. The highest BCUT2D eigenvalue weighted by Gasteiger charge is 2.07. The summed E-state index contributed by atoms with van der Waals surface area (Å²) >= 11 is 9.64. The molecule has 0 amide bonds. The van der Waals surface area contributed by atoms with Gasteiger partial charge in [0.2, 0.25) is 0 Å². The van der Waals surface area contributed by atoms with E-state index >= 15 is 0 Å². The summed E-state index contributed by atoms with van der Waals surface area (Å²) < 4.78 is 11.8. The van der Waals surface area contributed by atoms with Gasteiger partial charge in [0.25, 0.3) is 0 Å². The van der Waals surface area contributed by atoms with E-state index in [4.69, 9.17) is 26.8 Å². The molecule has 0 spiro atoms. The van der Waals surface area contributed by atoms with Crippen LogP contribution in [0.15, 0.2) is 40.9 Å². The van der Waals surface area contributed by atoms with E-state index in [1.807, 2.05) is 30.3 Å². The molecule has 2 aromatic carbocycles. The minimum absolute atomic E-state index is 0.573. The Hall–Kier alpha value is -1.23. The molecule has 5 heteroatoms. The van der Waals surface area contributed by atoms with Crippen molar-refractivity contribution in [2.45, 2.75) is 6.42 Å². The van der Waals surface area contributed by atoms with Gasteiger partial charge >= 0.3 is 0 Å². The Balaban J connectivity index is 2.19. The molecule has 0 heterocycles. The summed E-state index contributed by atoms with van der Waals surface area (Å²) in [6, 6.07) is 11.1. The summed E-state index contributed by atoms with van der Waals surface area (Å²) in [7, 11) is 1.62. The lowest BCUT2D eigenvalue weighted by molar-refractivity contribution is 0.412. The van der Waals surface area contributed by atoms with Gasteiger partial charge in [0.15, 0.2) is 0 Å². The number of halogens is 2. The molecule has 0 aliphatic rings. The highest BCUT2D eigenvalue weighted by Crippen LogP contribution is 2.34. The number of hydrogen-bond donors (Lipinski definition) is 1. The maximum absolute atomic E-state index is 6.19. The molecule has 20 heavy (non-hydrogen) atoms. The van der Waals surface area contributed by atoms with Crippen molar-refractivity contribution in [1.82, 2.24) is 0 Å². The first kappa shape index (κ1) is 15.2. The number of methoxy groups -OCH3 is 1. The van der Waals surface area contributed by atoms with Gasteiger partial charge in [0.05, 0.1) is 11.6 Å². The van der Waals surface area contributed by atoms with E-state index in [0.717, 1.165) is 22.2 Å². The van der Waals surface area contributed by atoms with Crippen LogP contribution < -0.4 is 15.2 Å². The van der Waals surface area contributed by atoms with Crippen LogP contribution in [0.3, 0.4) is 0 Å². The van der Waals surface area contributed by atoms with E-state index in [1.165, 1.54) is 0 Å². The van der Waals surface area contributed by atoms with Gasteiger partial charge in [-0.3, -0.25) is 0 Å². The predicted octanol–water partition coefficient (Wildman–Crippen LogP) is 4.40. The lowest BCUT2D eigenvalue weighted by Gasteiger charge is -2.10. The second-order valence-electron chi connectivity index (χ2n) is 4.19. The number of rotatable bonds is 5. The summed E-state index contributed by atoms with van der Waals surface area (Å²) in [5.41, 5.74) is 6.55. The third-order valence-corrected chi connectivity index (χ3v) is 3.78. The van der Waals surface area contributed by atoms with Crippen molar-refractivity contribution in [2.75, 3.05) is 13.7 Å². The first-order valence-electron chi connectivity index (χ1n) is 6.14. The van der Waals surface area contributed by atoms with Crippen LogP contribution in [0.4, 0.5) is 0 Å². The van der Waals surface area contributed by atoms with Gasteiger partial charge in [0.1, 0.15) is 17.2 Å². The quantitative estimate of drug-likeness (QED) is 0.863. The molecule has 0 saturated carbocycles. The molecule has 0 aliphatic carbocycles. The maximum atomic E-state index is 6.19. The molecule has 2 rings (SSSR count). The number of nitrogens with two attached hydrogens (primary N) is 1. The van der Waals surface area contributed by atoms with Gasteiger partial charge in [-0.2, -0.15) is 0 Å². The Morgan fingerprint density at radius 1 is 1.15 bits per heavy atom. The summed E-state index contributed by atoms with van der Waals surface area (Å²) in [6.45, 7) is 0.573. The number of ether oxygens (including phenoxy) is 2. The molecule has 3 nitrogen and oxygen atoms in total. The number of hydrogen-bond acceptors (Lipinski definition) is 3. The van der Waals surface area contributed by atoms with Crippen LogP contribution in [0.5, 0.6) is 17.2 Å². The van der Waals surface area contributed by atoms with Crippen LogP contribution in [0.2, 0.25) is 5.02 Å². The number of benzene rings is 2. The lowest BCUT2D eigenvalue weighted by Crippen LogP contribution is -2.03. The molecule has 0 saturated heterocycles. The van der Waals surface area contributed by atoms with Crippen molar-refractivity contribution in [3.05, 3.63) is 51.5 Å². The largest absolute Gasteiger partial charge is 0.497 e. The van der Waals surface area contributed by atoms with Crippen molar-refractivity contribution >= 4 is 27.5 Å². The van der Waals surface area contributed by atoms with E-state index in [2.05, 4.69) is 15.9 Å². The van der Waals surface area contributed by atoms with Crippen molar-refractivity contribution < 1.29 is 9.47 Å². The normalized spacial score (nSPS) is 10.4. The van der Waals surface area contributed by atoms with Gasteiger partial charge in [-0.1, -0.05) is 17.7 Å². The molecule has 0 aliphatic heterocycles. The molecule has 0 aromatic heterocycles. The molecule has 0 bridgehead atoms. The molecular weight excluding hydrogens is 342 g/mol. The molecule has 0 unspecified atom stereocenters. The van der Waals surface area contributed by atoms with Crippen molar-refractivity contribution in [2.24, 2.45) is 5.73 Å². The standard InChI is InChI=1S/C15H15BrClNO2/c1-19-11-4-5-15(13(16)8-11)20-12-3-2-10(6-7-18)14(17)9-12/h2-5,8-9H,6-7,18H2,1H3. The maximum Gasteiger partial charge on any atom is 0.141 e. The molecule has 106 valence electrons. The minimum Gasteiger partial charge on any atom is -0.497 e. The minimum atomic E-state index is 0.573. The molecular formula is C15H15BrClNO2. The fourth-order valence-electron chi connectivity index (χ4n) is 1.77. The van der Waals surface area contributed by atoms with E-state index in [-0.39, 0.29) is 0 Å². The van der Waals surface area contributed by atoms with E-state index in [1.54, 1.807) is 13.2 Å². The summed E-state index contributed by atoms with van der Waals surface area (Å²) in [6.07, 6.45) is 0.755. The van der Waals surface area contributed by atoms with Crippen molar-refractivity contribution in [1.29, 1.82) is 0 Å². The van der Waals surface area contributed by atoms with Crippen molar-refractivity contribution in [3.63, 3.8) is 0 Å². The van der Waals surface area contributed by atoms with Crippen LogP contribution >= 0.6 is 27.5 Å². The fraction of sp³-hybridized carbons (Fsp3) is 0.200. The smallest absolute Gasteiger partial charge is 0.141 e. The van der Waals surface area contributed by atoms with E-state index in [9.17, 15) is 0 Å². The second kappa shape index (κ2) is 6.97. The van der Waals surface area contributed by atoms with E-state index < -0.39 is 0 Å². The lowest BCUT2D eigenvalue weighted by atomic mass is 10.1. The van der Waals surface area contributed by atoms with Crippen LogP contribution in [-0.2, 0) is 6.42 Å². The zero-order valence-corrected chi connectivity index (χ0v) is 13.4. The Morgan fingerprint density at radius 3 is 2.50 bits per heavy atom. The molecule has 0 atom stereocenters. The van der Waals surface area contributed by atoms with Crippen LogP contribution in [-0.4, -0.2) is 13.7 Å². The zero-order chi connectivity index (χ0) is 14.5.